The summed E-state index contributed by atoms with van der Waals surface area (Å²) in [5, 5.41) is 11.1. The van der Waals surface area contributed by atoms with Gasteiger partial charge in [0.25, 0.3) is 5.92 Å². The summed E-state index contributed by atoms with van der Waals surface area (Å²) < 4.78 is 29.2. The van der Waals surface area contributed by atoms with Crippen molar-refractivity contribution in [1.82, 2.24) is 25.4 Å². The van der Waals surface area contributed by atoms with Crippen LogP contribution < -0.4 is 5.32 Å². The summed E-state index contributed by atoms with van der Waals surface area (Å²) >= 11 is 0. The fourth-order valence-electron chi connectivity index (χ4n) is 4.86. The zero-order chi connectivity index (χ0) is 24.5. The molecule has 6 nitrogen and oxygen atoms in total. The van der Waals surface area contributed by atoms with E-state index in [1.54, 1.807) is 12.4 Å². The molecular weight excluding hydrogens is 436 g/mol. The summed E-state index contributed by atoms with van der Waals surface area (Å²) in [5.41, 5.74) is 2.48. The Morgan fingerprint density at radius 3 is 2.62 bits per heavy atom. The van der Waals surface area contributed by atoms with Crippen LogP contribution in [0.4, 0.5) is 8.78 Å². The molecule has 0 bridgehead atoms. The Balaban J connectivity index is 1.44. The van der Waals surface area contributed by atoms with Crippen LogP contribution in [0.25, 0.3) is 10.9 Å². The van der Waals surface area contributed by atoms with Gasteiger partial charge < -0.3 is 10.2 Å². The van der Waals surface area contributed by atoms with Crippen molar-refractivity contribution in [3.8, 4) is 0 Å². The van der Waals surface area contributed by atoms with Crippen molar-refractivity contribution in [3.63, 3.8) is 0 Å². The normalized spacial score (nSPS) is 17.0. The predicted molar refractivity (Wildman–Crippen MR) is 129 cm³/mol. The summed E-state index contributed by atoms with van der Waals surface area (Å²) in [6, 6.07) is 9.87. The quantitative estimate of drug-likeness (QED) is 0.460. The molecule has 0 radical (unpaired) electrons. The van der Waals surface area contributed by atoms with Crippen molar-refractivity contribution in [2.24, 2.45) is 5.41 Å². The maximum Gasteiger partial charge on any atom is 0.251 e. The number of halogens is 2. The molecule has 3 aromatic rings. The van der Waals surface area contributed by atoms with Gasteiger partial charge in [-0.05, 0) is 76.5 Å². The topological polar surface area (TPSA) is 73.9 Å². The van der Waals surface area contributed by atoms with Gasteiger partial charge in [-0.25, -0.2) is 8.78 Å². The molecule has 2 aromatic heterocycles. The molecule has 8 heteroatoms. The molecule has 1 aliphatic carbocycles. The second kappa shape index (κ2) is 9.41. The van der Waals surface area contributed by atoms with E-state index >= 15 is 0 Å². The molecule has 1 aliphatic rings. The number of fused-ring (bicyclic) bond motifs is 1. The number of H-pyrrole nitrogens is 1. The third kappa shape index (κ3) is 5.12. The van der Waals surface area contributed by atoms with Crippen LogP contribution in [0.2, 0.25) is 0 Å². The Morgan fingerprint density at radius 2 is 2.00 bits per heavy atom. The van der Waals surface area contributed by atoms with Gasteiger partial charge in [-0.3, -0.25) is 14.9 Å². The van der Waals surface area contributed by atoms with Crippen molar-refractivity contribution < 1.29 is 13.6 Å². The average molecular weight is 470 g/mol. The van der Waals surface area contributed by atoms with E-state index in [4.69, 9.17) is 0 Å². The van der Waals surface area contributed by atoms with Crippen molar-refractivity contribution >= 4 is 16.8 Å². The van der Waals surface area contributed by atoms with E-state index in [1.807, 2.05) is 39.2 Å². The van der Waals surface area contributed by atoms with Crippen LogP contribution in [0.5, 0.6) is 0 Å². The Bertz CT molecular complexity index is 1130. The molecule has 182 valence electrons. The molecule has 0 saturated heterocycles. The molecule has 1 amide bonds. The molecular formula is C26H33F2N5O. The minimum atomic E-state index is -2.86. The van der Waals surface area contributed by atoms with Gasteiger partial charge in [-0.1, -0.05) is 12.1 Å². The van der Waals surface area contributed by atoms with Crippen LogP contribution >= 0.6 is 0 Å². The fourth-order valence-corrected chi connectivity index (χ4v) is 4.86. The van der Waals surface area contributed by atoms with Gasteiger partial charge in [0, 0.05) is 47.6 Å². The summed E-state index contributed by atoms with van der Waals surface area (Å²) in [4.78, 5) is 19.4. The maximum absolute atomic E-state index is 14.6. The second-order valence-electron chi connectivity index (χ2n) is 9.95. The monoisotopic (exact) mass is 469 g/mol. The third-order valence-electron chi connectivity index (χ3n) is 7.30. The van der Waals surface area contributed by atoms with Crippen molar-refractivity contribution in [2.45, 2.75) is 57.4 Å². The predicted octanol–water partition coefficient (Wildman–Crippen LogP) is 4.46. The van der Waals surface area contributed by atoms with Gasteiger partial charge in [0.05, 0.1) is 11.7 Å². The first kappa shape index (κ1) is 24.3. The average Bonchev–Trinajstić information content (AvgIpc) is 3.47. The number of aromatic amines is 1. The summed E-state index contributed by atoms with van der Waals surface area (Å²) in [7, 11) is 3.95. The summed E-state index contributed by atoms with van der Waals surface area (Å²) in [5.74, 6) is -3.64. The van der Waals surface area contributed by atoms with Crippen LogP contribution in [0.3, 0.4) is 0 Å². The number of hydrogen-bond acceptors (Lipinski definition) is 4. The number of aromatic nitrogens is 3. The van der Waals surface area contributed by atoms with Crippen molar-refractivity contribution in [1.29, 1.82) is 0 Å². The molecule has 0 spiro atoms. The van der Waals surface area contributed by atoms with Crippen LogP contribution in [-0.4, -0.2) is 58.6 Å². The number of amides is 1. The lowest BCUT2D eigenvalue weighted by Crippen LogP contribution is -2.43. The highest BCUT2D eigenvalue weighted by Gasteiger charge is 2.63. The molecule has 0 unspecified atom stereocenters. The number of pyridine rings is 1. The van der Waals surface area contributed by atoms with E-state index in [-0.39, 0.29) is 18.4 Å². The van der Waals surface area contributed by atoms with Crippen molar-refractivity contribution in [2.75, 3.05) is 20.6 Å². The highest BCUT2D eigenvalue weighted by Crippen LogP contribution is 2.65. The third-order valence-corrected chi connectivity index (χ3v) is 7.30. The number of carbonyl (C=O) groups is 1. The number of carbonyl (C=O) groups excluding carboxylic acids is 1. The first-order valence-corrected chi connectivity index (χ1v) is 11.7. The van der Waals surface area contributed by atoms with Gasteiger partial charge in [-0.15, -0.1) is 0 Å². The Labute approximate surface area is 199 Å². The van der Waals surface area contributed by atoms with E-state index in [2.05, 4.69) is 37.5 Å². The van der Waals surface area contributed by atoms with Gasteiger partial charge in [0.15, 0.2) is 0 Å². The standard InChI is InChI=1S/C26H33F2N5O/c1-17-5-7-19(14-29-17)22(26(9-10-26)25(2,27)28)13-24(34)30-16-21(33(3)4)12-18-6-8-23-20(11-18)15-31-32-23/h5-8,11,14-15,21-22H,9-10,12-13,16H2,1-4H3,(H,30,34)(H,31,32)/t21-,22+/m0/s1. The number of benzene rings is 1. The Morgan fingerprint density at radius 1 is 1.24 bits per heavy atom. The number of alkyl halides is 2. The minimum Gasteiger partial charge on any atom is -0.355 e. The molecule has 1 aromatic carbocycles. The van der Waals surface area contributed by atoms with Crippen molar-refractivity contribution in [3.05, 3.63) is 59.5 Å². The number of aryl methyl sites for hydroxylation is 1. The van der Waals surface area contributed by atoms with Crippen LogP contribution in [-0.2, 0) is 11.2 Å². The number of nitrogens with one attached hydrogen (secondary N) is 2. The Hall–Kier alpha value is -2.87. The van der Waals surface area contributed by atoms with Gasteiger partial charge in [0.1, 0.15) is 0 Å². The lowest BCUT2D eigenvalue weighted by molar-refractivity contribution is -0.123. The number of nitrogens with zero attached hydrogens (tertiary/aromatic N) is 3. The molecule has 4 rings (SSSR count). The summed E-state index contributed by atoms with van der Waals surface area (Å²) in [6.45, 7) is 3.27. The molecule has 1 saturated carbocycles. The lowest BCUT2D eigenvalue weighted by atomic mass is 9.77. The largest absolute Gasteiger partial charge is 0.355 e. The molecule has 2 N–H and O–H groups in total. The zero-order valence-electron chi connectivity index (χ0n) is 20.2. The van der Waals surface area contributed by atoms with Crippen LogP contribution in [0.15, 0.2) is 42.7 Å². The van der Waals surface area contributed by atoms with E-state index in [9.17, 15) is 13.6 Å². The highest BCUT2D eigenvalue weighted by molar-refractivity contribution is 5.78. The van der Waals surface area contributed by atoms with E-state index in [1.165, 1.54) is 0 Å². The highest BCUT2D eigenvalue weighted by atomic mass is 19.3. The van der Waals surface area contributed by atoms with Gasteiger partial charge >= 0.3 is 0 Å². The van der Waals surface area contributed by atoms with Gasteiger partial charge in [-0.2, -0.15) is 5.10 Å². The summed E-state index contributed by atoms with van der Waals surface area (Å²) in [6.07, 6.45) is 5.04. The molecule has 2 heterocycles. The van der Waals surface area contributed by atoms with E-state index in [0.717, 1.165) is 35.5 Å². The van der Waals surface area contributed by atoms with Crippen LogP contribution in [0, 0.1) is 12.3 Å². The number of likely N-dealkylation sites (N-methyl/N-ethyl adjacent to an activating group) is 1. The Kier molecular flexibility index (Phi) is 6.71. The first-order valence-electron chi connectivity index (χ1n) is 11.7. The molecule has 1 fully saturated rings. The minimum absolute atomic E-state index is 0.0231. The zero-order valence-corrected chi connectivity index (χ0v) is 20.2. The van der Waals surface area contributed by atoms with Gasteiger partial charge in [0.2, 0.25) is 5.91 Å². The van der Waals surface area contributed by atoms with E-state index < -0.39 is 17.3 Å². The maximum atomic E-state index is 14.6. The smallest absolute Gasteiger partial charge is 0.251 e. The molecule has 2 atom stereocenters. The van der Waals surface area contributed by atoms with Crippen LogP contribution in [0.1, 0.15) is 48.9 Å². The fraction of sp³-hybridized carbons (Fsp3) is 0.500. The molecule has 0 aliphatic heterocycles. The SMILES string of the molecule is Cc1ccc([C@@H](CC(=O)NC[C@H](Cc2ccc3[nH]ncc3c2)N(C)C)C2(C(C)(F)F)CC2)cn1. The molecule has 34 heavy (non-hydrogen) atoms. The number of rotatable bonds is 10. The number of hydrogen-bond donors (Lipinski definition) is 2. The van der Waals surface area contributed by atoms with E-state index in [0.29, 0.717) is 24.9 Å². The lowest BCUT2D eigenvalue weighted by Gasteiger charge is -2.32. The second-order valence-corrected chi connectivity index (χ2v) is 9.95. The first-order chi connectivity index (χ1) is 16.1.